The minimum Gasteiger partial charge on any atom is -0.462 e. The van der Waals surface area contributed by atoms with E-state index in [1.165, 1.54) is 51.4 Å². The topological polar surface area (TPSA) is 52.6 Å². The van der Waals surface area contributed by atoms with Gasteiger partial charge >= 0.3 is 11.9 Å². The first-order valence-corrected chi connectivity index (χ1v) is 12.7. The number of esters is 2. The number of rotatable bonds is 20. The van der Waals surface area contributed by atoms with E-state index in [1.54, 1.807) is 0 Å². The molecule has 0 saturated heterocycles. The maximum atomic E-state index is 12.8. The smallest absolute Gasteiger partial charge is 0.334 e. The van der Waals surface area contributed by atoms with Crippen molar-refractivity contribution < 1.29 is 19.1 Å². The second-order valence-corrected chi connectivity index (χ2v) is 8.26. The van der Waals surface area contributed by atoms with Gasteiger partial charge in [0.15, 0.2) is 0 Å². The Morgan fingerprint density at radius 3 is 1.13 bits per heavy atom. The van der Waals surface area contributed by atoms with Crippen LogP contribution in [0.1, 0.15) is 130 Å². The van der Waals surface area contributed by atoms with Crippen LogP contribution in [0.4, 0.5) is 0 Å². The van der Waals surface area contributed by atoms with Crippen LogP contribution in [0, 0.1) is 0 Å². The first-order chi connectivity index (χ1) is 14.6. The van der Waals surface area contributed by atoms with Gasteiger partial charge in [0.25, 0.3) is 0 Å². The lowest BCUT2D eigenvalue weighted by Crippen LogP contribution is -2.18. The molecule has 0 aromatic rings. The SMILES string of the molecule is CCCCCCCC/C(C(=O)OCCC)=C(\CCCCCCCC)C(=O)OCCC. The molecule has 0 aliphatic rings. The summed E-state index contributed by atoms with van der Waals surface area (Å²) in [4.78, 5) is 25.5. The molecule has 0 spiro atoms. The van der Waals surface area contributed by atoms with Gasteiger partial charge in [-0.2, -0.15) is 0 Å². The monoisotopic (exact) mass is 424 g/mol. The van der Waals surface area contributed by atoms with E-state index in [2.05, 4.69) is 13.8 Å². The van der Waals surface area contributed by atoms with Gasteiger partial charge in [0.1, 0.15) is 0 Å². The summed E-state index contributed by atoms with van der Waals surface area (Å²) in [6.45, 7) is 9.18. The number of unbranched alkanes of at least 4 members (excludes halogenated alkanes) is 10. The molecule has 0 N–H and O–H groups in total. The van der Waals surface area contributed by atoms with E-state index in [9.17, 15) is 9.59 Å². The fourth-order valence-corrected chi connectivity index (χ4v) is 3.48. The average Bonchev–Trinajstić information content (AvgIpc) is 2.75. The Bertz CT molecular complexity index is 426. The first kappa shape index (κ1) is 28.7. The zero-order chi connectivity index (χ0) is 22.5. The predicted molar refractivity (Wildman–Crippen MR) is 126 cm³/mol. The van der Waals surface area contributed by atoms with Gasteiger partial charge in [-0.05, 0) is 38.5 Å². The Hall–Kier alpha value is -1.32. The zero-order valence-corrected chi connectivity index (χ0v) is 20.4. The number of carbonyl (C=O) groups excluding carboxylic acids is 2. The van der Waals surface area contributed by atoms with Gasteiger partial charge in [-0.3, -0.25) is 0 Å². The molecule has 0 amide bonds. The minimum atomic E-state index is -0.320. The van der Waals surface area contributed by atoms with Gasteiger partial charge < -0.3 is 9.47 Å². The fraction of sp³-hybridized carbons (Fsp3) is 0.846. The van der Waals surface area contributed by atoms with Crippen LogP contribution in [0.3, 0.4) is 0 Å². The number of hydrogen-bond donors (Lipinski definition) is 0. The lowest BCUT2D eigenvalue weighted by atomic mass is 9.96. The van der Waals surface area contributed by atoms with Crippen molar-refractivity contribution in [2.75, 3.05) is 13.2 Å². The second kappa shape index (κ2) is 20.9. The summed E-state index contributed by atoms with van der Waals surface area (Å²) >= 11 is 0. The highest BCUT2D eigenvalue weighted by Gasteiger charge is 2.22. The van der Waals surface area contributed by atoms with Crippen LogP contribution >= 0.6 is 0 Å². The normalized spacial score (nSPS) is 11.9. The van der Waals surface area contributed by atoms with Crippen molar-refractivity contribution in [3.63, 3.8) is 0 Å². The van der Waals surface area contributed by atoms with Crippen molar-refractivity contribution in [2.24, 2.45) is 0 Å². The van der Waals surface area contributed by atoms with Crippen LogP contribution in [0.2, 0.25) is 0 Å². The molecule has 0 bridgehead atoms. The van der Waals surface area contributed by atoms with Crippen LogP contribution in [-0.4, -0.2) is 25.2 Å². The Morgan fingerprint density at radius 1 is 0.467 bits per heavy atom. The van der Waals surface area contributed by atoms with Crippen molar-refractivity contribution in [2.45, 2.75) is 130 Å². The first-order valence-electron chi connectivity index (χ1n) is 12.7. The highest BCUT2D eigenvalue weighted by atomic mass is 16.5. The molecule has 0 radical (unpaired) electrons. The van der Waals surface area contributed by atoms with Crippen molar-refractivity contribution >= 4 is 11.9 Å². The molecule has 0 aromatic heterocycles. The molecule has 4 heteroatoms. The molecule has 4 nitrogen and oxygen atoms in total. The van der Waals surface area contributed by atoms with Gasteiger partial charge in [-0.15, -0.1) is 0 Å². The van der Waals surface area contributed by atoms with E-state index in [4.69, 9.17) is 9.47 Å². The van der Waals surface area contributed by atoms with Crippen LogP contribution in [0.5, 0.6) is 0 Å². The van der Waals surface area contributed by atoms with Crippen molar-refractivity contribution in [3.05, 3.63) is 11.1 Å². The summed E-state index contributed by atoms with van der Waals surface area (Å²) < 4.78 is 10.9. The third-order valence-corrected chi connectivity index (χ3v) is 5.29. The van der Waals surface area contributed by atoms with E-state index in [0.29, 0.717) is 37.2 Å². The summed E-state index contributed by atoms with van der Waals surface area (Å²) in [7, 11) is 0. The molecule has 176 valence electrons. The third kappa shape index (κ3) is 14.6. The van der Waals surface area contributed by atoms with Gasteiger partial charge in [-0.1, -0.05) is 91.9 Å². The summed E-state index contributed by atoms with van der Waals surface area (Å²) in [6.07, 6.45) is 16.6. The van der Waals surface area contributed by atoms with Crippen molar-refractivity contribution in [1.29, 1.82) is 0 Å². The highest BCUT2D eigenvalue weighted by molar-refractivity contribution is 6.00. The maximum absolute atomic E-state index is 12.8. The molecule has 0 heterocycles. The number of hydrogen-bond acceptors (Lipinski definition) is 4. The Kier molecular flexibility index (Phi) is 20.0. The molecular weight excluding hydrogens is 376 g/mol. The Morgan fingerprint density at radius 2 is 0.800 bits per heavy atom. The van der Waals surface area contributed by atoms with E-state index in [1.807, 2.05) is 13.8 Å². The fourth-order valence-electron chi connectivity index (χ4n) is 3.48. The average molecular weight is 425 g/mol. The highest BCUT2D eigenvalue weighted by Crippen LogP contribution is 2.23. The summed E-state index contributed by atoms with van der Waals surface area (Å²) in [6, 6.07) is 0. The predicted octanol–water partition coefficient (Wildman–Crippen LogP) is 7.69. The molecule has 0 saturated carbocycles. The molecule has 0 aliphatic carbocycles. The molecule has 0 unspecified atom stereocenters. The van der Waals surface area contributed by atoms with E-state index in [0.717, 1.165) is 38.5 Å². The van der Waals surface area contributed by atoms with Gasteiger partial charge in [-0.25, -0.2) is 9.59 Å². The molecule has 0 aromatic carbocycles. The van der Waals surface area contributed by atoms with Crippen molar-refractivity contribution in [1.82, 2.24) is 0 Å². The molecule has 0 fully saturated rings. The summed E-state index contributed by atoms with van der Waals surface area (Å²) in [5, 5.41) is 0. The number of carbonyl (C=O) groups is 2. The quantitative estimate of drug-likeness (QED) is 0.114. The minimum absolute atomic E-state index is 0.320. The van der Waals surface area contributed by atoms with E-state index >= 15 is 0 Å². The molecule has 0 rings (SSSR count). The molecule has 0 aliphatic heterocycles. The van der Waals surface area contributed by atoms with Gasteiger partial charge in [0.05, 0.1) is 13.2 Å². The molecule has 30 heavy (non-hydrogen) atoms. The number of ether oxygens (including phenoxy) is 2. The van der Waals surface area contributed by atoms with E-state index in [-0.39, 0.29) is 11.9 Å². The lowest BCUT2D eigenvalue weighted by molar-refractivity contribution is -0.142. The zero-order valence-electron chi connectivity index (χ0n) is 20.4. The lowest BCUT2D eigenvalue weighted by Gasteiger charge is -2.15. The maximum Gasteiger partial charge on any atom is 0.334 e. The van der Waals surface area contributed by atoms with Gasteiger partial charge in [0.2, 0.25) is 0 Å². The van der Waals surface area contributed by atoms with Crippen LogP contribution in [-0.2, 0) is 19.1 Å². The van der Waals surface area contributed by atoms with E-state index < -0.39 is 0 Å². The summed E-state index contributed by atoms with van der Waals surface area (Å²) in [5.74, 6) is -0.639. The molecule has 0 atom stereocenters. The Balaban J connectivity index is 5.18. The van der Waals surface area contributed by atoms with Crippen molar-refractivity contribution in [3.8, 4) is 0 Å². The second-order valence-electron chi connectivity index (χ2n) is 8.26. The van der Waals surface area contributed by atoms with Crippen LogP contribution < -0.4 is 0 Å². The molecular formula is C26H48O4. The van der Waals surface area contributed by atoms with Gasteiger partial charge in [0, 0.05) is 11.1 Å². The van der Waals surface area contributed by atoms with Crippen LogP contribution in [0.15, 0.2) is 11.1 Å². The largest absolute Gasteiger partial charge is 0.462 e. The standard InChI is InChI=1S/C26H48O4/c1-5-9-11-13-15-17-19-23(25(27)29-21-7-3)24(26(28)30-22-8-4)20-18-16-14-12-10-6-2/h5-22H2,1-4H3/b24-23-. The summed E-state index contributed by atoms with van der Waals surface area (Å²) in [5.41, 5.74) is 1.13. The van der Waals surface area contributed by atoms with Crippen LogP contribution in [0.25, 0.3) is 0 Å². The third-order valence-electron chi connectivity index (χ3n) is 5.29. The Labute approximate surface area is 186 Å².